The fourth-order valence-corrected chi connectivity index (χ4v) is 5.88. The number of carbonyl (C=O) groups excluding carboxylic acids is 1. The summed E-state index contributed by atoms with van der Waals surface area (Å²) in [4.78, 5) is 27.8. The van der Waals surface area contributed by atoms with Crippen molar-refractivity contribution in [2.75, 3.05) is 13.2 Å². The fourth-order valence-electron chi connectivity index (χ4n) is 5.88. The first-order valence-electron chi connectivity index (χ1n) is 10.6. The SMILES string of the molecule is CCN1[C@@H]2c3cccc(=O)n3C[C@@H]2[C@@H](CO)[C@@H]1C(=O)NC1Cc2ccccc2C1. The van der Waals surface area contributed by atoms with Crippen LogP contribution in [0.2, 0.25) is 0 Å². The highest BCUT2D eigenvalue weighted by Gasteiger charge is 2.55. The molecular formula is C23H27N3O3. The minimum Gasteiger partial charge on any atom is -0.396 e. The number of aliphatic hydroxyl groups excluding tert-OH is 1. The summed E-state index contributed by atoms with van der Waals surface area (Å²) in [6.07, 6.45) is 1.71. The zero-order valence-corrected chi connectivity index (χ0v) is 16.6. The Morgan fingerprint density at radius 3 is 2.52 bits per heavy atom. The summed E-state index contributed by atoms with van der Waals surface area (Å²) in [6, 6.07) is 13.4. The van der Waals surface area contributed by atoms with E-state index in [0.29, 0.717) is 13.1 Å². The van der Waals surface area contributed by atoms with Gasteiger partial charge in [-0.1, -0.05) is 37.3 Å². The number of pyridine rings is 1. The molecule has 2 aliphatic heterocycles. The summed E-state index contributed by atoms with van der Waals surface area (Å²) < 4.78 is 1.81. The van der Waals surface area contributed by atoms with Crippen molar-refractivity contribution in [3.63, 3.8) is 0 Å². The highest BCUT2D eigenvalue weighted by atomic mass is 16.3. The third-order valence-electron chi connectivity index (χ3n) is 7.10. The van der Waals surface area contributed by atoms with Gasteiger partial charge in [0.25, 0.3) is 5.56 Å². The molecule has 0 radical (unpaired) electrons. The molecular weight excluding hydrogens is 366 g/mol. The van der Waals surface area contributed by atoms with Gasteiger partial charge in [-0.2, -0.15) is 0 Å². The molecule has 1 fully saturated rings. The van der Waals surface area contributed by atoms with Gasteiger partial charge in [0.15, 0.2) is 0 Å². The van der Waals surface area contributed by atoms with Gasteiger partial charge >= 0.3 is 0 Å². The van der Waals surface area contributed by atoms with Gasteiger partial charge in [0, 0.05) is 42.8 Å². The molecule has 6 nitrogen and oxygen atoms in total. The lowest BCUT2D eigenvalue weighted by Crippen LogP contribution is -2.51. The van der Waals surface area contributed by atoms with Gasteiger partial charge in [-0.3, -0.25) is 14.5 Å². The number of nitrogens with one attached hydrogen (secondary N) is 1. The molecule has 152 valence electrons. The molecule has 3 aliphatic rings. The number of amides is 1. The van der Waals surface area contributed by atoms with Crippen molar-refractivity contribution in [2.45, 2.75) is 44.4 Å². The minimum absolute atomic E-state index is 0.00238. The van der Waals surface area contributed by atoms with Crippen molar-refractivity contribution in [3.8, 4) is 0 Å². The van der Waals surface area contributed by atoms with Gasteiger partial charge in [0.2, 0.25) is 5.91 Å². The molecule has 0 saturated carbocycles. The lowest BCUT2D eigenvalue weighted by molar-refractivity contribution is -0.128. The first-order valence-corrected chi connectivity index (χ1v) is 10.6. The number of benzene rings is 1. The molecule has 0 bridgehead atoms. The first-order chi connectivity index (χ1) is 14.1. The van der Waals surface area contributed by atoms with Crippen LogP contribution in [0, 0.1) is 11.8 Å². The molecule has 1 amide bonds. The van der Waals surface area contributed by atoms with Gasteiger partial charge in [0.05, 0.1) is 12.1 Å². The minimum atomic E-state index is -0.368. The zero-order valence-electron chi connectivity index (χ0n) is 16.6. The average Bonchev–Trinajstić information content (AvgIpc) is 3.38. The first kappa shape index (κ1) is 18.6. The van der Waals surface area contributed by atoms with Crippen LogP contribution in [0.25, 0.3) is 0 Å². The maximum atomic E-state index is 13.4. The zero-order chi connectivity index (χ0) is 20.1. The maximum absolute atomic E-state index is 13.4. The van der Waals surface area contributed by atoms with Crippen LogP contribution >= 0.6 is 0 Å². The second-order valence-corrected chi connectivity index (χ2v) is 8.51. The Morgan fingerprint density at radius 2 is 1.86 bits per heavy atom. The van der Waals surface area contributed by atoms with Gasteiger partial charge < -0.3 is 15.0 Å². The van der Waals surface area contributed by atoms with E-state index < -0.39 is 0 Å². The number of likely N-dealkylation sites (tertiary alicyclic amines) is 1. The molecule has 1 aromatic heterocycles. The third kappa shape index (κ3) is 2.85. The monoisotopic (exact) mass is 393 g/mol. The number of hydrogen-bond donors (Lipinski definition) is 2. The molecule has 1 aromatic carbocycles. The largest absolute Gasteiger partial charge is 0.396 e. The third-order valence-corrected chi connectivity index (χ3v) is 7.10. The van der Waals surface area contributed by atoms with E-state index in [4.69, 9.17) is 0 Å². The standard InChI is InChI=1S/C23H27N3O3/c1-2-25-21-17(12-26-19(21)8-5-9-20(26)28)18(13-27)22(25)23(29)24-16-10-14-6-3-4-7-15(14)11-16/h3-9,16-18,21-22,27H,2,10-13H2,1H3,(H,24,29)/t17-,18-,21+,22-/m1/s1. The normalized spacial score (nSPS) is 28.2. The van der Waals surface area contributed by atoms with Gasteiger partial charge in [-0.25, -0.2) is 0 Å². The van der Waals surface area contributed by atoms with Gasteiger partial charge in [0.1, 0.15) is 0 Å². The predicted octanol–water partition coefficient (Wildman–Crippen LogP) is 1.12. The smallest absolute Gasteiger partial charge is 0.250 e. The number of hydrogen-bond acceptors (Lipinski definition) is 4. The maximum Gasteiger partial charge on any atom is 0.250 e. The van der Waals surface area contributed by atoms with E-state index in [0.717, 1.165) is 18.5 Å². The molecule has 2 N–H and O–H groups in total. The highest BCUT2D eigenvalue weighted by Crippen LogP contribution is 2.48. The molecule has 3 heterocycles. The Hall–Kier alpha value is -2.44. The van der Waals surface area contributed by atoms with Crippen molar-refractivity contribution in [1.29, 1.82) is 0 Å². The molecule has 4 atom stereocenters. The number of aliphatic hydroxyl groups is 1. The Labute approximate surface area is 170 Å². The summed E-state index contributed by atoms with van der Waals surface area (Å²) in [5, 5.41) is 13.5. The molecule has 0 spiro atoms. The van der Waals surface area contributed by atoms with E-state index in [1.807, 2.05) is 29.7 Å². The van der Waals surface area contributed by atoms with E-state index in [1.54, 1.807) is 12.1 Å². The van der Waals surface area contributed by atoms with Crippen LogP contribution in [0.1, 0.15) is 29.8 Å². The van der Waals surface area contributed by atoms with Crippen LogP contribution in [-0.2, 0) is 24.2 Å². The number of likely N-dealkylation sites (N-methyl/N-ethyl adjacent to an activating group) is 1. The number of carbonyl (C=O) groups is 1. The van der Waals surface area contributed by atoms with E-state index >= 15 is 0 Å². The number of nitrogens with zero attached hydrogens (tertiary/aromatic N) is 2. The predicted molar refractivity (Wildman–Crippen MR) is 109 cm³/mol. The van der Waals surface area contributed by atoms with Crippen molar-refractivity contribution in [3.05, 3.63) is 69.6 Å². The molecule has 5 rings (SSSR count). The second-order valence-electron chi connectivity index (χ2n) is 8.51. The van der Waals surface area contributed by atoms with Crippen molar-refractivity contribution < 1.29 is 9.90 Å². The van der Waals surface area contributed by atoms with Gasteiger partial charge in [-0.15, -0.1) is 0 Å². The van der Waals surface area contributed by atoms with Crippen LogP contribution in [-0.4, -0.2) is 45.7 Å². The number of rotatable bonds is 4. The summed E-state index contributed by atoms with van der Waals surface area (Å²) >= 11 is 0. The van der Waals surface area contributed by atoms with Crippen LogP contribution < -0.4 is 10.9 Å². The topological polar surface area (TPSA) is 74.6 Å². The summed E-state index contributed by atoms with van der Waals surface area (Å²) in [5.74, 6) is -0.0995. The molecule has 1 saturated heterocycles. The lowest BCUT2D eigenvalue weighted by atomic mass is 9.88. The van der Waals surface area contributed by atoms with Crippen molar-refractivity contribution in [2.24, 2.45) is 11.8 Å². The molecule has 1 aliphatic carbocycles. The molecule has 6 heteroatoms. The summed E-state index contributed by atoms with van der Waals surface area (Å²) in [5.41, 5.74) is 3.57. The Kier molecular flexibility index (Phi) is 4.56. The van der Waals surface area contributed by atoms with Crippen LogP contribution in [0.4, 0.5) is 0 Å². The van der Waals surface area contributed by atoms with E-state index in [-0.39, 0.29) is 48.0 Å². The van der Waals surface area contributed by atoms with Crippen LogP contribution in [0.3, 0.4) is 0 Å². The highest BCUT2D eigenvalue weighted by molar-refractivity contribution is 5.83. The van der Waals surface area contributed by atoms with Crippen molar-refractivity contribution in [1.82, 2.24) is 14.8 Å². The number of fused-ring (bicyclic) bond motifs is 4. The quantitative estimate of drug-likeness (QED) is 0.816. The lowest BCUT2D eigenvalue weighted by Gasteiger charge is -2.30. The Balaban J connectivity index is 1.40. The average molecular weight is 393 g/mol. The van der Waals surface area contributed by atoms with E-state index in [9.17, 15) is 14.7 Å². The van der Waals surface area contributed by atoms with E-state index in [1.165, 1.54) is 11.1 Å². The van der Waals surface area contributed by atoms with Gasteiger partial charge in [-0.05, 0) is 36.6 Å². The molecule has 29 heavy (non-hydrogen) atoms. The Bertz CT molecular complexity index is 976. The molecule has 0 unspecified atom stereocenters. The molecule has 2 aromatic rings. The number of aromatic nitrogens is 1. The fraction of sp³-hybridized carbons (Fsp3) is 0.478. The van der Waals surface area contributed by atoms with Crippen molar-refractivity contribution >= 4 is 5.91 Å². The van der Waals surface area contributed by atoms with Crippen LogP contribution in [0.15, 0.2) is 47.3 Å². The summed E-state index contributed by atoms with van der Waals surface area (Å²) in [6.45, 7) is 3.26. The van der Waals surface area contributed by atoms with E-state index in [2.05, 4.69) is 22.3 Å². The Morgan fingerprint density at radius 1 is 1.14 bits per heavy atom. The second kappa shape index (κ2) is 7.11. The summed E-state index contributed by atoms with van der Waals surface area (Å²) in [7, 11) is 0. The van der Waals surface area contributed by atoms with Crippen LogP contribution in [0.5, 0.6) is 0 Å².